The van der Waals surface area contributed by atoms with Crippen LogP contribution >= 0.6 is 9.24 Å². The molecule has 0 aromatic rings. The van der Waals surface area contributed by atoms with Crippen LogP contribution in [0.15, 0.2) is 24.3 Å². The van der Waals surface area contributed by atoms with Crippen LogP contribution in [0.25, 0.3) is 0 Å². The molecule has 1 atom stereocenters. The van der Waals surface area contributed by atoms with Crippen molar-refractivity contribution in [3.8, 4) is 0 Å². The van der Waals surface area contributed by atoms with Gasteiger partial charge in [-0.25, -0.2) is 0 Å². The minimum absolute atomic E-state index is 0.602. The van der Waals surface area contributed by atoms with Crippen LogP contribution in [0.3, 0.4) is 0 Å². The first kappa shape index (κ1) is 4.08. The summed E-state index contributed by atoms with van der Waals surface area (Å²) in [5, 5.41) is 0. The molecule has 0 bridgehead atoms. The SMILES string of the molecule is PC1C=CC=C1. The van der Waals surface area contributed by atoms with E-state index < -0.39 is 0 Å². The lowest BCUT2D eigenvalue weighted by molar-refractivity contribution is 1.48. The maximum atomic E-state index is 2.70. The largest absolute Gasteiger partial charge is 0.126 e. The van der Waals surface area contributed by atoms with Crippen LogP contribution in [0.2, 0.25) is 0 Å². The fourth-order valence-corrected chi connectivity index (χ4v) is 0.706. The van der Waals surface area contributed by atoms with Gasteiger partial charge >= 0.3 is 0 Å². The van der Waals surface area contributed by atoms with Crippen LogP contribution in [0, 0.1) is 0 Å². The molecular weight excluding hydrogens is 91.0 g/mol. The lowest BCUT2D eigenvalue weighted by Crippen LogP contribution is -1.74. The summed E-state index contributed by atoms with van der Waals surface area (Å²) in [5.41, 5.74) is 0.602. The quantitative estimate of drug-likeness (QED) is 0.401. The molecule has 0 aliphatic heterocycles. The van der Waals surface area contributed by atoms with Crippen LogP contribution in [-0.2, 0) is 0 Å². The Morgan fingerprint density at radius 3 is 1.83 bits per heavy atom. The van der Waals surface area contributed by atoms with E-state index in [2.05, 4.69) is 33.5 Å². The smallest absolute Gasteiger partial charge is 0.00987 e. The highest BCUT2D eigenvalue weighted by Crippen LogP contribution is 2.08. The zero-order chi connectivity index (χ0) is 4.41. The zero-order valence-corrected chi connectivity index (χ0v) is 4.62. The first-order valence-electron chi connectivity index (χ1n) is 2.00. The van der Waals surface area contributed by atoms with Gasteiger partial charge < -0.3 is 0 Å². The lowest BCUT2D eigenvalue weighted by Gasteiger charge is -1.84. The van der Waals surface area contributed by atoms with Crippen molar-refractivity contribution in [3.05, 3.63) is 24.3 Å². The van der Waals surface area contributed by atoms with E-state index in [-0.39, 0.29) is 0 Å². The molecule has 6 heavy (non-hydrogen) atoms. The number of hydrogen-bond acceptors (Lipinski definition) is 0. The van der Waals surface area contributed by atoms with Gasteiger partial charge in [-0.15, -0.1) is 9.24 Å². The van der Waals surface area contributed by atoms with Crippen molar-refractivity contribution in [2.75, 3.05) is 0 Å². The van der Waals surface area contributed by atoms with Gasteiger partial charge in [-0.2, -0.15) is 0 Å². The Bertz CT molecular complexity index is 80.1. The van der Waals surface area contributed by atoms with Crippen molar-refractivity contribution in [2.45, 2.75) is 5.66 Å². The van der Waals surface area contributed by atoms with Crippen LogP contribution in [0.4, 0.5) is 0 Å². The van der Waals surface area contributed by atoms with Crippen molar-refractivity contribution < 1.29 is 0 Å². The van der Waals surface area contributed by atoms with Gasteiger partial charge in [-0.1, -0.05) is 24.3 Å². The molecule has 1 aliphatic carbocycles. The van der Waals surface area contributed by atoms with Crippen molar-refractivity contribution in [3.63, 3.8) is 0 Å². The highest BCUT2D eigenvalue weighted by Gasteiger charge is 1.89. The van der Waals surface area contributed by atoms with E-state index in [0.717, 1.165) is 0 Å². The molecule has 1 heteroatoms. The van der Waals surface area contributed by atoms with Crippen molar-refractivity contribution in [1.29, 1.82) is 0 Å². The van der Waals surface area contributed by atoms with Crippen molar-refractivity contribution >= 4 is 9.24 Å². The first-order chi connectivity index (χ1) is 2.89. The van der Waals surface area contributed by atoms with Gasteiger partial charge in [0.05, 0.1) is 0 Å². The zero-order valence-electron chi connectivity index (χ0n) is 3.46. The second-order valence-electron chi connectivity index (χ2n) is 1.35. The average Bonchev–Trinajstić information content (AvgIpc) is 1.86. The highest BCUT2D eigenvalue weighted by molar-refractivity contribution is 7.18. The van der Waals surface area contributed by atoms with Crippen molar-refractivity contribution in [2.24, 2.45) is 0 Å². The second-order valence-corrected chi connectivity index (χ2v) is 2.12. The monoisotopic (exact) mass is 98.0 g/mol. The summed E-state index contributed by atoms with van der Waals surface area (Å²) in [6.07, 6.45) is 8.37. The molecular formula is C5H7P. The van der Waals surface area contributed by atoms with E-state index in [1.807, 2.05) is 0 Å². The standard InChI is InChI=1S/C5H7P/c6-5-3-1-2-4-5/h1-5H,6H2. The molecule has 0 amide bonds. The van der Waals surface area contributed by atoms with E-state index in [1.165, 1.54) is 0 Å². The molecule has 1 unspecified atom stereocenters. The van der Waals surface area contributed by atoms with E-state index in [4.69, 9.17) is 0 Å². The van der Waals surface area contributed by atoms with Gasteiger partial charge in [0.15, 0.2) is 0 Å². The van der Waals surface area contributed by atoms with Gasteiger partial charge in [0.1, 0.15) is 0 Å². The summed E-state index contributed by atoms with van der Waals surface area (Å²) in [5.74, 6) is 0. The molecule has 0 nitrogen and oxygen atoms in total. The fraction of sp³-hybridized carbons (Fsp3) is 0.200. The van der Waals surface area contributed by atoms with Crippen LogP contribution in [0.5, 0.6) is 0 Å². The molecule has 0 spiro atoms. The van der Waals surface area contributed by atoms with Gasteiger partial charge in [0.25, 0.3) is 0 Å². The molecule has 0 heterocycles. The predicted octanol–water partition coefficient (Wildman–Crippen LogP) is 1.36. The molecule has 0 saturated carbocycles. The maximum absolute atomic E-state index is 2.70. The number of allylic oxidation sites excluding steroid dienone is 4. The summed E-state index contributed by atoms with van der Waals surface area (Å²) >= 11 is 0. The van der Waals surface area contributed by atoms with Crippen LogP contribution in [0.1, 0.15) is 0 Å². The second kappa shape index (κ2) is 1.57. The average molecular weight is 98.1 g/mol. The minimum atomic E-state index is 0.602. The third kappa shape index (κ3) is 0.693. The molecule has 32 valence electrons. The van der Waals surface area contributed by atoms with Crippen molar-refractivity contribution in [1.82, 2.24) is 0 Å². The molecule has 0 aromatic carbocycles. The summed E-state index contributed by atoms with van der Waals surface area (Å²) in [6, 6.07) is 0. The molecule has 0 aromatic heterocycles. The van der Waals surface area contributed by atoms with Gasteiger partial charge in [-0.3, -0.25) is 0 Å². The third-order valence-electron chi connectivity index (χ3n) is 0.778. The summed E-state index contributed by atoms with van der Waals surface area (Å²) in [6.45, 7) is 0. The first-order valence-corrected chi connectivity index (χ1v) is 2.67. The molecule has 1 rings (SSSR count). The number of rotatable bonds is 0. The summed E-state index contributed by atoms with van der Waals surface area (Å²) in [7, 11) is 2.70. The molecule has 0 saturated heterocycles. The Labute approximate surface area is 40.1 Å². The highest BCUT2D eigenvalue weighted by atomic mass is 31.0. The fourth-order valence-electron chi connectivity index (χ4n) is 0.449. The Kier molecular flexibility index (Phi) is 1.07. The van der Waals surface area contributed by atoms with Gasteiger partial charge in [0, 0.05) is 5.66 Å². The van der Waals surface area contributed by atoms with Crippen LogP contribution in [-0.4, -0.2) is 5.66 Å². The predicted molar refractivity (Wildman–Crippen MR) is 31.8 cm³/mol. The minimum Gasteiger partial charge on any atom is -0.126 e. The molecule has 1 aliphatic rings. The van der Waals surface area contributed by atoms with E-state index in [1.54, 1.807) is 0 Å². The topological polar surface area (TPSA) is 0 Å². The Hall–Kier alpha value is -0.0900. The normalized spacial score (nSPS) is 20.2. The van der Waals surface area contributed by atoms with Gasteiger partial charge in [0.2, 0.25) is 0 Å². The summed E-state index contributed by atoms with van der Waals surface area (Å²) in [4.78, 5) is 0. The molecule has 0 fully saturated rings. The van der Waals surface area contributed by atoms with Crippen LogP contribution < -0.4 is 0 Å². The molecule has 0 N–H and O–H groups in total. The van der Waals surface area contributed by atoms with E-state index in [9.17, 15) is 0 Å². The van der Waals surface area contributed by atoms with Gasteiger partial charge in [-0.05, 0) is 0 Å². The lowest BCUT2D eigenvalue weighted by atomic mass is 10.5. The maximum Gasteiger partial charge on any atom is 0.00987 e. The molecule has 0 radical (unpaired) electrons. The number of hydrogen-bond donors (Lipinski definition) is 0. The Balaban J connectivity index is 2.60. The van der Waals surface area contributed by atoms with E-state index in [0.29, 0.717) is 5.66 Å². The summed E-state index contributed by atoms with van der Waals surface area (Å²) < 4.78 is 0. The third-order valence-corrected chi connectivity index (χ3v) is 1.22. The Morgan fingerprint density at radius 1 is 1.17 bits per heavy atom. The van der Waals surface area contributed by atoms with E-state index >= 15 is 0 Å². The Morgan fingerprint density at radius 2 is 1.67 bits per heavy atom.